The smallest absolute Gasteiger partial charge is 0.246 e. The highest BCUT2D eigenvalue weighted by Gasteiger charge is 2.26. The summed E-state index contributed by atoms with van der Waals surface area (Å²) in [6.45, 7) is 8.40. The van der Waals surface area contributed by atoms with Crippen LogP contribution in [0.4, 0.5) is 17.1 Å². The highest BCUT2D eigenvalue weighted by Crippen LogP contribution is 2.30. The zero-order valence-electron chi connectivity index (χ0n) is 16.8. The van der Waals surface area contributed by atoms with Crippen molar-refractivity contribution in [2.75, 3.05) is 48.0 Å². The normalized spacial score (nSPS) is 17.8. The lowest BCUT2D eigenvalue weighted by Crippen LogP contribution is -2.44. The first kappa shape index (κ1) is 18.8. The van der Waals surface area contributed by atoms with Gasteiger partial charge in [0.1, 0.15) is 6.04 Å². The second-order valence-electron chi connectivity index (χ2n) is 7.74. The van der Waals surface area contributed by atoms with Gasteiger partial charge in [0.15, 0.2) is 0 Å². The van der Waals surface area contributed by atoms with Crippen LogP contribution in [0, 0.1) is 6.92 Å². The number of fused-ring (bicyclic) bond motifs is 1. The molecule has 2 aliphatic heterocycles. The number of ether oxygens (including phenoxy) is 1. The number of carbonyl (C=O) groups excluding carboxylic acids is 1. The van der Waals surface area contributed by atoms with Crippen LogP contribution in [0.1, 0.15) is 24.5 Å². The van der Waals surface area contributed by atoms with Crippen LogP contribution in [-0.4, -0.2) is 44.8 Å². The molecule has 1 amide bonds. The minimum absolute atomic E-state index is 0.0348. The average molecular weight is 380 g/mol. The minimum atomic E-state index is -0.208. The van der Waals surface area contributed by atoms with Crippen molar-refractivity contribution in [3.63, 3.8) is 0 Å². The third-order valence-electron chi connectivity index (χ3n) is 5.75. The van der Waals surface area contributed by atoms with Gasteiger partial charge in [0.25, 0.3) is 0 Å². The number of morpholine rings is 1. The number of benzene rings is 2. The average Bonchev–Trinajstić information content (AvgIpc) is 2.73. The van der Waals surface area contributed by atoms with Crippen molar-refractivity contribution >= 4 is 23.0 Å². The number of nitrogens with one attached hydrogen (secondary N) is 1. The predicted octanol–water partition coefficient (Wildman–Crippen LogP) is 3.61. The summed E-state index contributed by atoms with van der Waals surface area (Å²) in [5, 5.41) is 3.09. The monoisotopic (exact) mass is 379 g/mol. The van der Waals surface area contributed by atoms with E-state index < -0.39 is 0 Å². The molecule has 1 fully saturated rings. The maximum atomic E-state index is 12.9. The number of carbonyl (C=O) groups is 1. The summed E-state index contributed by atoms with van der Waals surface area (Å²) in [6.07, 6.45) is 2.17. The maximum Gasteiger partial charge on any atom is 0.246 e. The van der Waals surface area contributed by atoms with E-state index >= 15 is 0 Å². The van der Waals surface area contributed by atoms with E-state index in [4.69, 9.17) is 4.74 Å². The molecule has 0 spiro atoms. The van der Waals surface area contributed by atoms with Gasteiger partial charge >= 0.3 is 0 Å². The lowest BCUT2D eigenvalue weighted by molar-refractivity contribution is -0.117. The fraction of sp³-hybridized carbons (Fsp3) is 0.435. The van der Waals surface area contributed by atoms with E-state index in [0.29, 0.717) is 0 Å². The maximum absolute atomic E-state index is 12.9. The molecule has 148 valence electrons. The Bertz CT molecular complexity index is 828. The number of hydrogen-bond donors (Lipinski definition) is 1. The van der Waals surface area contributed by atoms with Crippen LogP contribution >= 0.6 is 0 Å². The van der Waals surface area contributed by atoms with E-state index in [9.17, 15) is 4.79 Å². The number of rotatable bonds is 4. The van der Waals surface area contributed by atoms with Crippen molar-refractivity contribution in [2.24, 2.45) is 0 Å². The predicted molar refractivity (Wildman–Crippen MR) is 114 cm³/mol. The van der Waals surface area contributed by atoms with Crippen molar-refractivity contribution in [1.82, 2.24) is 0 Å². The lowest BCUT2D eigenvalue weighted by Gasteiger charge is -2.35. The van der Waals surface area contributed by atoms with Crippen molar-refractivity contribution in [3.8, 4) is 0 Å². The summed E-state index contributed by atoms with van der Waals surface area (Å²) >= 11 is 0. The third kappa shape index (κ3) is 3.99. The fourth-order valence-corrected chi connectivity index (χ4v) is 4.12. The van der Waals surface area contributed by atoms with Crippen molar-refractivity contribution < 1.29 is 9.53 Å². The largest absolute Gasteiger partial charge is 0.378 e. The topological polar surface area (TPSA) is 44.8 Å². The van der Waals surface area contributed by atoms with Gasteiger partial charge in [-0.2, -0.15) is 0 Å². The minimum Gasteiger partial charge on any atom is -0.378 e. The Labute approximate surface area is 167 Å². The van der Waals surface area contributed by atoms with E-state index in [2.05, 4.69) is 52.4 Å². The first-order valence-electron chi connectivity index (χ1n) is 10.2. The van der Waals surface area contributed by atoms with Crippen LogP contribution in [0.2, 0.25) is 0 Å². The SMILES string of the molecule is Cc1ccc2c(c1)CCCN2[C@H](C)C(=O)Nc1ccc(N2CCOCC2)cc1. The van der Waals surface area contributed by atoms with E-state index in [1.54, 1.807) is 0 Å². The molecule has 4 rings (SSSR count). The van der Waals surface area contributed by atoms with Crippen molar-refractivity contribution in [1.29, 1.82) is 0 Å². The molecule has 5 nitrogen and oxygen atoms in total. The first-order chi connectivity index (χ1) is 13.6. The Morgan fingerprint density at radius 1 is 1.07 bits per heavy atom. The Kier molecular flexibility index (Phi) is 5.53. The fourth-order valence-electron chi connectivity index (χ4n) is 4.12. The number of amides is 1. The number of hydrogen-bond acceptors (Lipinski definition) is 4. The summed E-state index contributed by atoms with van der Waals surface area (Å²) in [7, 11) is 0. The quantitative estimate of drug-likeness (QED) is 0.881. The second kappa shape index (κ2) is 8.23. The van der Waals surface area contributed by atoms with Crippen LogP contribution in [-0.2, 0) is 16.0 Å². The van der Waals surface area contributed by atoms with Gasteiger partial charge in [-0.25, -0.2) is 0 Å². The van der Waals surface area contributed by atoms with Gasteiger partial charge in [-0.15, -0.1) is 0 Å². The van der Waals surface area contributed by atoms with Crippen LogP contribution in [0.15, 0.2) is 42.5 Å². The van der Waals surface area contributed by atoms with Gasteiger partial charge < -0.3 is 19.9 Å². The summed E-state index contributed by atoms with van der Waals surface area (Å²) in [6, 6.07) is 14.5. The molecule has 0 aromatic heterocycles. The zero-order chi connectivity index (χ0) is 19.5. The molecular weight excluding hydrogens is 350 g/mol. The molecule has 28 heavy (non-hydrogen) atoms. The van der Waals surface area contributed by atoms with Gasteiger partial charge in [-0.05, 0) is 62.6 Å². The third-order valence-corrected chi connectivity index (χ3v) is 5.75. The Balaban J connectivity index is 1.42. The summed E-state index contributed by atoms with van der Waals surface area (Å²) in [5.74, 6) is 0.0348. The molecule has 2 aromatic rings. The van der Waals surface area contributed by atoms with E-state index in [0.717, 1.165) is 51.4 Å². The lowest BCUT2D eigenvalue weighted by atomic mass is 9.98. The molecule has 0 aliphatic carbocycles. The molecule has 0 radical (unpaired) electrons. The molecule has 2 heterocycles. The van der Waals surface area contributed by atoms with Gasteiger partial charge in [-0.3, -0.25) is 4.79 Å². The van der Waals surface area contributed by atoms with Crippen LogP contribution in [0.5, 0.6) is 0 Å². The summed E-state index contributed by atoms with van der Waals surface area (Å²) in [5.41, 5.74) is 5.84. The van der Waals surface area contributed by atoms with E-state index in [1.165, 1.54) is 22.5 Å². The Morgan fingerprint density at radius 3 is 2.57 bits per heavy atom. The molecule has 2 aromatic carbocycles. The van der Waals surface area contributed by atoms with Gasteiger partial charge in [0.05, 0.1) is 13.2 Å². The van der Waals surface area contributed by atoms with Crippen molar-refractivity contribution in [2.45, 2.75) is 32.7 Å². The highest BCUT2D eigenvalue weighted by molar-refractivity contribution is 5.97. The van der Waals surface area contributed by atoms with Gasteiger partial charge in [0, 0.05) is 36.7 Å². The second-order valence-corrected chi connectivity index (χ2v) is 7.74. The van der Waals surface area contributed by atoms with Crippen LogP contribution < -0.4 is 15.1 Å². The van der Waals surface area contributed by atoms with Crippen LogP contribution in [0.3, 0.4) is 0 Å². The van der Waals surface area contributed by atoms with Gasteiger partial charge in [0.2, 0.25) is 5.91 Å². The molecule has 1 N–H and O–H groups in total. The molecule has 0 saturated carbocycles. The molecule has 1 saturated heterocycles. The Morgan fingerprint density at radius 2 is 1.82 bits per heavy atom. The summed E-state index contributed by atoms with van der Waals surface area (Å²) in [4.78, 5) is 17.4. The summed E-state index contributed by atoms with van der Waals surface area (Å²) < 4.78 is 5.41. The number of aryl methyl sites for hydroxylation is 2. The zero-order valence-corrected chi connectivity index (χ0v) is 16.8. The molecule has 5 heteroatoms. The standard InChI is InChI=1S/C23H29N3O2/c1-17-5-10-22-19(16-17)4-3-11-26(22)18(2)23(27)24-20-6-8-21(9-7-20)25-12-14-28-15-13-25/h5-10,16,18H,3-4,11-15H2,1-2H3,(H,24,27)/t18-/m1/s1. The molecule has 2 aliphatic rings. The highest BCUT2D eigenvalue weighted by atomic mass is 16.5. The molecular formula is C23H29N3O2. The van der Waals surface area contributed by atoms with E-state index in [1.807, 2.05) is 19.1 Å². The number of anilines is 3. The van der Waals surface area contributed by atoms with E-state index in [-0.39, 0.29) is 11.9 Å². The Hall–Kier alpha value is -2.53. The first-order valence-corrected chi connectivity index (χ1v) is 10.2. The number of nitrogens with zero attached hydrogens (tertiary/aromatic N) is 2. The van der Waals surface area contributed by atoms with Crippen molar-refractivity contribution in [3.05, 3.63) is 53.6 Å². The molecule has 0 unspecified atom stereocenters. The van der Waals surface area contributed by atoms with Crippen LogP contribution in [0.25, 0.3) is 0 Å². The molecule has 0 bridgehead atoms. The van der Waals surface area contributed by atoms with Gasteiger partial charge in [-0.1, -0.05) is 17.7 Å². The molecule has 1 atom stereocenters.